The number of fused-ring (bicyclic) bond motifs is 1. The van der Waals surface area contributed by atoms with E-state index < -0.39 is 0 Å². The summed E-state index contributed by atoms with van der Waals surface area (Å²) >= 11 is 0. The molecule has 0 aliphatic rings. The lowest BCUT2D eigenvalue weighted by molar-refractivity contribution is 0.0934. The van der Waals surface area contributed by atoms with E-state index in [0.29, 0.717) is 22.2 Å². The van der Waals surface area contributed by atoms with Crippen LogP contribution in [0, 0.1) is 0 Å². The lowest BCUT2D eigenvalue weighted by Gasteiger charge is -2.14. The zero-order valence-corrected chi connectivity index (χ0v) is 15.0. The van der Waals surface area contributed by atoms with Crippen LogP contribution in [-0.4, -0.2) is 28.8 Å². The molecule has 0 aliphatic carbocycles. The zero-order valence-electron chi connectivity index (χ0n) is 15.0. The highest BCUT2D eigenvalue weighted by molar-refractivity contribution is 6.04. The van der Waals surface area contributed by atoms with E-state index in [2.05, 4.69) is 10.4 Å². The zero-order chi connectivity index (χ0) is 18.7. The van der Waals surface area contributed by atoms with Crippen LogP contribution in [0.5, 0.6) is 5.75 Å². The predicted molar refractivity (Wildman–Crippen MR) is 101 cm³/mol. The number of methoxy groups -OCH3 is 1. The summed E-state index contributed by atoms with van der Waals surface area (Å²) in [5.74, 6) is 0.308. The molecule has 26 heavy (non-hydrogen) atoms. The molecular formula is C20H21N3O3. The van der Waals surface area contributed by atoms with Crippen LogP contribution in [0.1, 0.15) is 30.8 Å². The summed E-state index contributed by atoms with van der Waals surface area (Å²) in [5, 5.41) is 8.27. The van der Waals surface area contributed by atoms with E-state index in [-0.39, 0.29) is 23.2 Å². The molecule has 0 aliphatic heterocycles. The molecule has 0 saturated heterocycles. The maximum Gasteiger partial charge on any atom is 0.279 e. The number of benzene rings is 2. The van der Waals surface area contributed by atoms with Gasteiger partial charge in [-0.1, -0.05) is 31.2 Å². The van der Waals surface area contributed by atoms with Gasteiger partial charge in [0.05, 0.1) is 18.2 Å². The molecule has 1 N–H and O–H groups in total. The highest BCUT2D eigenvalue weighted by Crippen LogP contribution is 2.18. The van der Waals surface area contributed by atoms with Crippen molar-refractivity contribution in [2.24, 2.45) is 0 Å². The number of amides is 1. The number of carbonyl (C=O) groups is 1. The van der Waals surface area contributed by atoms with Crippen molar-refractivity contribution in [2.75, 3.05) is 7.11 Å². The highest BCUT2D eigenvalue weighted by Gasteiger charge is 2.18. The van der Waals surface area contributed by atoms with Crippen molar-refractivity contribution in [2.45, 2.75) is 26.3 Å². The number of aromatic nitrogens is 2. The largest absolute Gasteiger partial charge is 0.497 e. The summed E-state index contributed by atoms with van der Waals surface area (Å²) in [5.41, 5.74) is 0.481. The van der Waals surface area contributed by atoms with Crippen molar-refractivity contribution < 1.29 is 9.53 Å². The van der Waals surface area contributed by atoms with Gasteiger partial charge in [-0.15, -0.1) is 0 Å². The van der Waals surface area contributed by atoms with E-state index in [1.54, 1.807) is 55.6 Å². The van der Waals surface area contributed by atoms with Gasteiger partial charge in [0, 0.05) is 17.5 Å². The third-order valence-electron chi connectivity index (χ3n) is 4.31. The molecule has 1 atom stereocenters. The summed E-state index contributed by atoms with van der Waals surface area (Å²) in [6.07, 6.45) is 0.805. The van der Waals surface area contributed by atoms with E-state index in [4.69, 9.17) is 4.74 Å². The number of ether oxygens (including phenoxy) is 1. The maximum absolute atomic E-state index is 12.9. The minimum atomic E-state index is -0.299. The fourth-order valence-electron chi connectivity index (χ4n) is 2.67. The molecule has 0 radical (unpaired) electrons. The number of carbonyl (C=O) groups excluding carboxylic acids is 1. The number of nitrogens with one attached hydrogen (secondary N) is 1. The Balaban J connectivity index is 2.23. The Morgan fingerprint density at radius 3 is 2.62 bits per heavy atom. The molecule has 6 heteroatoms. The molecule has 0 bridgehead atoms. The van der Waals surface area contributed by atoms with Gasteiger partial charge in [-0.2, -0.15) is 9.78 Å². The molecule has 0 fully saturated rings. The molecule has 0 unspecified atom stereocenters. The number of hydrogen-bond acceptors (Lipinski definition) is 4. The molecule has 0 spiro atoms. The van der Waals surface area contributed by atoms with Crippen molar-refractivity contribution in [1.82, 2.24) is 15.1 Å². The van der Waals surface area contributed by atoms with E-state index >= 15 is 0 Å². The second-order valence-corrected chi connectivity index (χ2v) is 6.10. The van der Waals surface area contributed by atoms with Gasteiger partial charge in [0.15, 0.2) is 5.69 Å². The van der Waals surface area contributed by atoms with Gasteiger partial charge in [0.1, 0.15) is 5.75 Å². The third kappa shape index (κ3) is 3.31. The Labute approximate surface area is 151 Å². The average molecular weight is 351 g/mol. The summed E-state index contributed by atoms with van der Waals surface area (Å²) in [6, 6.07) is 14.0. The Kier molecular flexibility index (Phi) is 5.02. The SMILES string of the molecule is CC[C@H](C)NC(=O)c1nn(-c2cccc(OC)c2)c(=O)c2ccccc12. The number of hydrogen-bond donors (Lipinski definition) is 1. The van der Waals surface area contributed by atoms with Crippen molar-refractivity contribution in [1.29, 1.82) is 0 Å². The van der Waals surface area contributed by atoms with Gasteiger partial charge in [-0.05, 0) is 31.5 Å². The van der Waals surface area contributed by atoms with Crippen molar-refractivity contribution in [3.8, 4) is 11.4 Å². The first-order valence-electron chi connectivity index (χ1n) is 8.52. The van der Waals surface area contributed by atoms with Crippen LogP contribution >= 0.6 is 0 Å². The standard InChI is InChI=1S/C20H21N3O3/c1-4-13(2)21-19(24)18-16-10-5-6-11-17(16)20(25)23(22-18)14-8-7-9-15(12-14)26-3/h5-13H,4H2,1-3H3,(H,21,24)/t13-/m0/s1. The lowest BCUT2D eigenvalue weighted by Crippen LogP contribution is -2.35. The molecule has 3 aromatic rings. The smallest absolute Gasteiger partial charge is 0.279 e. The monoisotopic (exact) mass is 351 g/mol. The van der Waals surface area contributed by atoms with Crippen molar-refractivity contribution in [3.63, 3.8) is 0 Å². The fourth-order valence-corrected chi connectivity index (χ4v) is 2.67. The first-order chi connectivity index (χ1) is 12.5. The summed E-state index contributed by atoms with van der Waals surface area (Å²) in [6.45, 7) is 3.92. The molecule has 6 nitrogen and oxygen atoms in total. The molecular weight excluding hydrogens is 330 g/mol. The van der Waals surface area contributed by atoms with Crippen molar-refractivity contribution in [3.05, 3.63) is 64.6 Å². The molecule has 3 rings (SSSR count). The Hall–Kier alpha value is -3.15. The van der Waals surface area contributed by atoms with Gasteiger partial charge >= 0.3 is 0 Å². The Bertz CT molecular complexity index is 1010. The first-order valence-corrected chi connectivity index (χ1v) is 8.52. The van der Waals surface area contributed by atoms with Gasteiger partial charge in [-0.3, -0.25) is 9.59 Å². The van der Waals surface area contributed by atoms with E-state index in [1.807, 2.05) is 13.8 Å². The topological polar surface area (TPSA) is 73.2 Å². The Morgan fingerprint density at radius 1 is 1.19 bits per heavy atom. The number of rotatable bonds is 5. The van der Waals surface area contributed by atoms with Crippen molar-refractivity contribution >= 4 is 16.7 Å². The lowest BCUT2D eigenvalue weighted by atomic mass is 10.1. The molecule has 134 valence electrons. The highest BCUT2D eigenvalue weighted by atomic mass is 16.5. The van der Waals surface area contributed by atoms with Crippen LogP contribution in [0.15, 0.2) is 53.3 Å². The van der Waals surface area contributed by atoms with Crippen LogP contribution in [0.2, 0.25) is 0 Å². The number of nitrogens with zero attached hydrogens (tertiary/aromatic N) is 2. The maximum atomic E-state index is 12.9. The van der Waals surface area contributed by atoms with Crippen LogP contribution in [0.3, 0.4) is 0 Å². The third-order valence-corrected chi connectivity index (χ3v) is 4.31. The average Bonchev–Trinajstić information content (AvgIpc) is 2.68. The second-order valence-electron chi connectivity index (χ2n) is 6.10. The normalized spacial score (nSPS) is 12.0. The van der Waals surface area contributed by atoms with Crippen LogP contribution < -0.4 is 15.6 Å². The molecule has 1 amide bonds. The molecule has 0 saturated carbocycles. The molecule has 2 aromatic carbocycles. The van der Waals surface area contributed by atoms with Gasteiger partial charge in [-0.25, -0.2) is 0 Å². The predicted octanol–water partition coefficient (Wildman–Crippen LogP) is 2.92. The quantitative estimate of drug-likeness (QED) is 0.767. The van der Waals surface area contributed by atoms with Gasteiger partial charge < -0.3 is 10.1 Å². The van der Waals surface area contributed by atoms with E-state index in [0.717, 1.165) is 6.42 Å². The summed E-state index contributed by atoms with van der Waals surface area (Å²) in [4.78, 5) is 25.6. The van der Waals surface area contributed by atoms with Crippen LogP contribution in [0.25, 0.3) is 16.5 Å². The van der Waals surface area contributed by atoms with Gasteiger partial charge in [0.25, 0.3) is 11.5 Å². The minimum absolute atomic E-state index is 0.0141. The fraction of sp³-hybridized carbons (Fsp3) is 0.250. The minimum Gasteiger partial charge on any atom is -0.497 e. The molecule has 1 aromatic heterocycles. The second kappa shape index (κ2) is 7.39. The first kappa shape index (κ1) is 17.7. The van der Waals surface area contributed by atoms with E-state index in [1.165, 1.54) is 4.68 Å². The van der Waals surface area contributed by atoms with Crippen LogP contribution in [-0.2, 0) is 0 Å². The van der Waals surface area contributed by atoms with Gasteiger partial charge in [0.2, 0.25) is 0 Å². The van der Waals surface area contributed by atoms with Crippen LogP contribution in [0.4, 0.5) is 0 Å². The van der Waals surface area contributed by atoms with E-state index in [9.17, 15) is 9.59 Å². The molecule has 1 heterocycles. The Morgan fingerprint density at radius 2 is 1.92 bits per heavy atom. The summed E-state index contributed by atoms with van der Waals surface area (Å²) in [7, 11) is 1.56. The summed E-state index contributed by atoms with van der Waals surface area (Å²) < 4.78 is 6.47.